The summed E-state index contributed by atoms with van der Waals surface area (Å²) in [6, 6.07) is -0.226. The van der Waals surface area contributed by atoms with Crippen molar-refractivity contribution in [2.75, 3.05) is 26.8 Å². The highest BCUT2D eigenvalue weighted by Crippen LogP contribution is 2.03. The third-order valence-corrected chi connectivity index (χ3v) is 2.54. The lowest BCUT2D eigenvalue weighted by molar-refractivity contribution is -0.138. The molecular formula is C11H21NO4. The first-order chi connectivity index (χ1) is 7.49. The number of aliphatic carboxylic acids is 1. The van der Waals surface area contributed by atoms with Gasteiger partial charge in [0.2, 0.25) is 0 Å². The first kappa shape index (κ1) is 15.1. The number of Topliss-reactive ketones (excluding diaryl/α,β-unsaturated/α-hetero) is 1. The Morgan fingerprint density at radius 1 is 1.38 bits per heavy atom. The zero-order valence-corrected chi connectivity index (χ0v) is 10.2. The van der Waals surface area contributed by atoms with Crippen molar-refractivity contribution in [1.29, 1.82) is 0 Å². The van der Waals surface area contributed by atoms with Gasteiger partial charge in [0.15, 0.2) is 0 Å². The number of carboxylic acids is 1. The molecule has 0 rings (SSSR count). The van der Waals surface area contributed by atoms with E-state index in [0.717, 1.165) is 6.42 Å². The third-order valence-electron chi connectivity index (χ3n) is 2.54. The van der Waals surface area contributed by atoms with E-state index >= 15 is 0 Å². The van der Waals surface area contributed by atoms with Crippen LogP contribution in [0.1, 0.15) is 26.7 Å². The van der Waals surface area contributed by atoms with Crippen molar-refractivity contribution in [2.24, 2.45) is 0 Å². The van der Waals surface area contributed by atoms with Gasteiger partial charge in [0, 0.05) is 26.8 Å². The number of nitrogens with zero attached hydrogens (tertiary/aromatic N) is 1. The van der Waals surface area contributed by atoms with Gasteiger partial charge in [-0.2, -0.15) is 0 Å². The van der Waals surface area contributed by atoms with Crippen molar-refractivity contribution in [3.63, 3.8) is 0 Å². The zero-order valence-electron chi connectivity index (χ0n) is 10.2. The predicted molar refractivity (Wildman–Crippen MR) is 60.5 cm³/mol. The maximum absolute atomic E-state index is 11.2. The summed E-state index contributed by atoms with van der Waals surface area (Å²) in [5.41, 5.74) is 0. The molecule has 0 aliphatic rings. The third kappa shape index (κ3) is 6.53. The molecule has 0 aliphatic carbocycles. The van der Waals surface area contributed by atoms with E-state index < -0.39 is 5.97 Å². The van der Waals surface area contributed by atoms with E-state index in [1.807, 2.05) is 4.90 Å². The van der Waals surface area contributed by atoms with Crippen molar-refractivity contribution in [2.45, 2.75) is 32.7 Å². The molecule has 0 amide bonds. The van der Waals surface area contributed by atoms with Crippen LogP contribution >= 0.6 is 0 Å². The molecule has 94 valence electrons. The number of carbonyl (C=O) groups is 2. The number of carbonyl (C=O) groups excluding carboxylic acids is 1. The SMILES string of the molecule is COCCCN(CCC(=O)O)C(C)C(C)=O. The van der Waals surface area contributed by atoms with E-state index in [4.69, 9.17) is 9.84 Å². The van der Waals surface area contributed by atoms with Crippen LogP contribution in [0.4, 0.5) is 0 Å². The van der Waals surface area contributed by atoms with E-state index in [9.17, 15) is 9.59 Å². The average Bonchev–Trinajstić information content (AvgIpc) is 2.21. The lowest BCUT2D eigenvalue weighted by atomic mass is 10.2. The first-order valence-corrected chi connectivity index (χ1v) is 5.44. The van der Waals surface area contributed by atoms with E-state index in [1.54, 1.807) is 14.0 Å². The molecule has 0 saturated carbocycles. The van der Waals surface area contributed by atoms with Gasteiger partial charge in [0.1, 0.15) is 5.78 Å². The Balaban J connectivity index is 4.14. The lowest BCUT2D eigenvalue weighted by Gasteiger charge is -2.26. The summed E-state index contributed by atoms with van der Waals surface area (Å²) in [6.45, 7) is 5.03. The van der Waals surface area contributed by atoms with Gasteiger partial charge in [0.05, 0.1) is 12.5 Å². The predicted octanol–water partition coefficient (Wildman–Crippen LogP) is 0.777. The topological polar surface area (TPSA) is 66.8 Å². The Morgan fingerprint density at radius 3 is 2.44 bits per heavy atom. The molecule has 0 heterocycles. The zero-order chi connectivity index (χ0) is 12.6. The smallest absolute Gasteiger partial charge is 0.304 e. The largest absolute Gasteiger partial charge is 0.481 e. The first-order valence-electron chi connectivity index (χ1n) is 5.44. The van der Waals surface area contributed by atoms with Crippen LogP contribution in [0.3, 0.4) is 0 Å². The fourth-order valence-electron chi connectivity index (χ4n) is 1.41. The maximum Gasteiger partial charge on any atom is 0.304 e. The molecule has 0 saturated heterocycles. The average molecular weight is 231 g/mol. The highest BCUT2D eigenvalue weighted by atomic mass is 16.5. The van der Waals surface area contributed by atoms with E-state index in [0.29, 0.717) is 19.7 Å². The fourth-order valence-corrected chi connectivity index (χ4v) is 1.41. The number of methoxy groups -OCH3 is 1. The molecule has 0 bridgehead atoms. The highest BCUT2D eigenvalue weighted by Gasteiger charge is 2.18. The van der Waals surface area contributed by atoms with Crippen LogP contribution in [0.2, 0.25) is 0 Å². The van der Waals surface area contributed by atoms with Crippen molar-refractivity contribution in [1.82, 2.24) is 4.90 Å². The fraction of sp³-hybridized carbons (Fsp3) is 0.818. The minimum Gasteiger partial charge on any atom is -0.481 e. The minimum atomic E-state index is -0.840. The van der Waals surface area contributed by atoms with Gasteiger partial charge in [-0.15, -0.1) is 0 Å². The highest BCUT2D eigenvalue weighted by molar-refractivity contribution is 5.81. The van der Waals surface area contributed by atoms with Crippen molar-refractivity contribution < 1.29 is 19.4 Å². The second-order valence-corrected chi connectivity index (χ2v) is 3.81. The van der Waals surface area contributed by atoms with Crippen molar-refractivity contribution >= 4 is 11.8 Å². The number of ether oxygens (including phenoxy) is 1. The number of hydrogen-bond acceptors (Lipinski definition) is 4. The molecule has 0 aliphatic heterocycles. The molecular weight excluding hydrogens is 210 g/mol. The van der Waals surface area contributed by atoms with Gasteiger partial charge in [-0.1, -0.05) is 0 Å². The molecule has 16 heavy (non-hydrogen) atoms. The Hall–Kier alpha value is -0.940. The Kier molecular flexibility index (Phi) is 7.76. The molecule has 0 aromatic carbocycles. The van der Waals surface area contributed by atoms with Gasteiger partial charge in [-0.05, 0) is 20.3 Å². The van der Waals surface area contributed by atoms with Gasteiger partial charge in [-0.3, -0.25) is 14.5 Å². The van der Waals surface area contributed by atoms with Crippen LogP contribution in [0.15, 0.2) is 0 Å². The molecule has 0 radical (unpaired) electrons. The standard InChI is InChI=1S/C11H21NO4/c1-9(10(2)13)12(6-4-8-16-3)7-5-11(14)15/h9H,4-8H2,1-3H3,(H,14,15). The monoisotopic (exact) mass is 231 g/mol. The second-order valence-electron chi connectivity index (χ2n) is 3.81. The second kappa shape index (κ2) is 8.24. The summed E-state index contributed by atoms with van der Waals surface area (Å²) in [4.78, 5) is 23.6. The summed E-state index contributed by atoms with van der Waals surface area (Å²) in [5.74, 6) is -0.782. The van der Waals surface area contributed by atoms with Crippen LogP contribution in [0.5, 0.6) is 0 Å². The Bertz CT molecular complexity index is 230. The normalized spacial score (nSPS) is 12.8. The molecule has 5 nitrogen and oxygen atoms in total. The van der Waals surface area contributed by atoms with E-state index in [2.05, 4.69) is 0 Å². The summed E-state index contributed by atoms with van der Waals surface area (Å²) >= 11 is 0. The number of hydrogen-bond donors (Lipinski definition) is 1. The molecule has 0 aromatic rings. The van der Waals surface area contributed by atoms with E-state index in [1.165, 1.54) is 6.92 Å². The van der Waals surface area contributed by atoms with Crippen LogP contribution in [-0.2, 0) is 14.3 Å². The Morgan fingerprint density at radius 2 is 2.00 bits per heavy atom. The molecule has 1 N–H and O–H groups in total. The van der Waals surface area contributed by atoms with Crippen LogP contribution in [0, 0.1) is 0 Å². The van der Waals surface area contributed by atoms with Crippen molar-refractivity contribution in [3.8, 4) is 0 Å². The van der Waals surface area contributed by atoms with Crippen LogP contribution in [0.25, 0.3) is 0 Å². The molecule has 0 spiro atoms. The van der Waals surface area contributed by atoms with Gasteiger partial charge < -0.3 is 9.84 Å². The quantitative estimate of drug-likeness (QED) is 0.594. The molecule has 0 aromatic heterocycles. The van der Waals surface area contributed by atoms with Crippen LogP contribution < -0.4 is 0 Å². The molecule has 0 fully saturated rings. The number of ketones is 1. The minimum absolute atomic E-state index is 0.0582. The molecule has 1 atom stereocenters. The maximum atomic E-state index is 11.2. The van der Waals surface area contributed by atoms with Gasteiger partial charge in [-0.25, -0.2) is 0 Å². The molecule has 5 heteroatoms. The van der Waals surface area contributed by atoms with E-state index in [-0.39, 0.29) is 18.2 Å². The summed E-state index contributed by atoms with van der Waals surface area (Å²) < 4.78 is 4.93. The summed E-state index contributed by atoms with van der Waals surface area (Å²) in [6.07, 6.45) is 0.859. The number of carboxylic acid groups (broad SMARTS) is 1. The van der Waals surface area contributed by atoms with Crippen molar-refractivity contribution in [3.05, 3.63) is 0 Å². The summed E-state index contributed by atoms with van der Waals surface area (Å²) in [5, 5.41) is 8.62. The lowest BCUT2D eigenvalue weighted by Crippen LogP contribution is -2.40. The van der Waals surface area contributed by atoms with Crippen LogP contribution in [-0.4, -0.2) is 54.6 Å². The van der Waals surface area contributed by atoms with Gasteiger partial charge >= 0.3 is 5.97 Å². The summed E-state index contributed by atoms with van der Waals surface area (Å²) in [7, 11) is 1.62. The van der Waals surface area contributed by atoms with Gasteiger partial charge in [0.25, 0.3) is 0 Å². The molecule has 1 unspecified atom stereocenters. The number of rotatable bonds is 9. The Labute approximate surface area is 96.4 Å².